The SMILES string of the molecule is Cc1ccc(S(=O)(=O)NC2CCC(C)NC2)c(C)c1. The fourth-order valence-corrected chi connectivity index (χ4v) is 3.98. The standard InChI is InChI=1S/C14H22N2O2S/c1-10-4-7-14(11(2)8-10)19(17,18)16-13-6-5-12(3)15-9-13/h4,7-8,12-13,15-16H,5-6,9H2,1-3H3. The molecule has 0 radical (unpaired) electrons. The molecule has 0 bridgehead atoms. The molecule has 2 N–H and O–H groups in total. The van der Waals surface area contributed by atoms with Crippen LogP contribution < -0.4 is 10.0 Å². The van der Waals surface area contributed by atoms with Crippen molar-refractivity contribution < 1.29 is 8.42 Å². The highest BCUT2D eigenvalue weighted by Crippen LogP contribution is 2.18. The van der Waals surface area contributed by atoms with Crippen molar-refractivity contribution >= 4 is 10.0 Å². The Morgan fingerprint density at radius 2 is 2.00 bits per heavy atom. The average Bonchev–Trinajstić information content (AvgIpc) is 2.31. The molecular formula is C14H22N2O2S. The van der Waals surface area contributed by atoms with Crippen LogP contribution in [0.15, 0.2) is 23.1 Å². The van der Waals surface area contributed by atoms with Gasteiger partial charge in [0.1, 0.15) is 0 Å². The van der Waals surface area contributed by atoms with Crippen molar-refractivity contribution in [2.45, 2.75) is 50.6 Å². The van der Waals surface area contributed by atoms with Gasteiger partial charge in [0.2, 0.25) is 10.0 Å². The van der Waals surface area contributed by atoms with Crippen LogP contribution in [-0.4, -0.2) is 27.0 Å². The smallest absolute Gasteiger partial charge is 0.241 e. The van der Waals surface area contributed by atoms with Crippen molar-refractivity contribution in [2.24, 2.45) is 0 Å². The number of sulfonamides is 1. The molecule has 1 aliphatic heterocycles. The summed E-state index contributed by atoms with van der Waals surface area (Å²) in [5, 5.41) is 3.30. The second kappa shape index (κ2) is 5.61. The Kier molecular flexibility index (Phi) is 4.28. The molecular weight excluding hydrogens is 260 g/mol. The molecule has 1 heterocycles. The van der Waals surface area contributed by atoms with Gasteiger partial charge >= 0.3 is 0 Å². The number of benzene rings is 1. The zero-order chi connectivity index (χ0) is 14.0. The lowest BCUT2D eigenvalue weighted by Gasteiger charge is -2.28. The quantitative estimate of drug-likeness (QED) is 0.887. The summed E-state index contributed by atoms with van der Waals surface area (Å²) < 4.78 is 27.6. The molecule has 19 heavy (non-hydrogen) atoms. The van der Waals surface area contributed by atoms with Gasteiger partial charge in [-0.05, 0) is 45.2 Å². The summed E-state index contributed by atoms with van der Waals surface area (Å²) in [5.41, 5.74) is 1.87. The maximum atomic E-state index is 12.4. The predicted octanol–water partition coefficient (Wildman–Crippen LogP) is 1.72. The molecule has 0 aliphatic carbocycles. The normalized spacial score (nSPS) is 24.4. The Labute approximate surface area is 115 Å². The minimum Gasteiger partial charge on any atom is -0.313 e. The van der Waals surface area contributed by atoms with E-state index >= 15 is 0 Å². The Morgan fingerprint density at radius 3 is 2.58 bits per heavy atom. The van der Waals surface area contributed by atoms with Crippen LogP contribution >= 0.6 is 0 Å². The molecule has 5 heteroatoms. The van der Waals surface area contributed by atoms with E-state index in [9.17, 15) is 8.42 Å². The molecule has 0 spiro atoms. The summed E-state index contributed by atoms with van der Waals surface area (Å²) in [6.07, 6.45) is 1.89. The summed E-state index contributed by atoms with van der Waals surface area (Å²) in [7, 11) is -3.41. The van der Waals surface area contributed by atoms with Crippen LogP contribution in [-0.2, 0) is 10.0 Å². The highest BCUT2D eigenvalue weighted by molar-refractivity contribution is 7.89. The third kappa shape index (κ3) is 3.55. The maximum Gasteiger partial charge on any atom is 0.241 e. The molecule has 0 amide bonds. The maximum absolute atomic E-state index is 12.4. The lowest BCUT2D eigenvalue weighted by molar-refractivity contribution is 0.366. The molecule has 1 fully saturated rings. The summed E-state index contributed by atoms with van der Waals surface area (Å²) >= 11 is 0. The van der Waals surface area contributed by atoms with Crippen molar-refractivity contribution in [1.82, 2.24) is 10.0 Å². The average molecular weight is 282 g/mol. The van der Waals surface area contributed by atoms with E-state index < -0.39 is 10.0 Å². The van der Waals surface area contributed by atoms with Gasteiger partial charge < -0.3 is 5.32 Å². The Bertz CT molecular complexity index is 547. The van der Waals surface area contributed by atoms with Crippen molar-refractivity contribution in [3.8, 4) is 0 Å². The highest BCUT2D eigenvalue weighted by Gasteiger charge is 2.24. The molecule has 2 atom stereocenters. The van der Waals surface area contributed by atoms with E-state index in [0.29, 0.717) is 17.5 Å². The summed E-state index contributed by atoms with van der Waals surface area (Å²) in [6.45, 7) is 6.62. The third-order valence-electron chi connectivity index (χ3n) is 3.60. The number of rotatable bonds is 3. The fraction of sp³-hybridized carbons (Fsp3) is 0.571. The van der Waals surface area contributed by atoms with Crippen LogP contribution in [0.1, 0.15) is 30.9 Å². The number of hydrogen-bond acceptors (Lipinski definition) is 3. The fourth-order valence-electron chi connectivity index (χ4n) is 2.48. The Hall–Kier alpha value is -0.910. The molecule has 1 aromatic rings. The second-order valence-electron chi connectivity index (χ2n) is 5.47. The molecule has 1 saturated heterocycles. The van der Waals surface area contributed by atoms with Crippen molar-refractivity contribution in [2.75, 3.05) is 6.54 Å². The molecule has 2 rings (SSSR count). The van der Waals surface area contributed by atoms with E-state index in [-0.39, 0.29) is 6.04 Å². The first-order valence-electron chi connectivity index (χ1n) is 6.71. The van der Waals surface area contributed by atoms with E-state index in [1.807, 2.05) is 26.0 Å². The lowest BCUT2D eigenvalue weighted by Crippen LogP contribution is -2.48. The summed E-state index contributed by atoms with van der Waals surface area (Å²) in [5.74, 6) is 0. The van der Waals surface area contributed by atoms with Crippen molar-refractivity contribution in [3.63, 3.8) is 0 Å². The van der Waals surface area contributed by atoms with Gasteiger partial charge in [-0.2, -0.15) is 0 Å². The minimum atomic E-state index is -3.41. The van der Waals surface area contributed by atoms with Crippen LogP contribution in [0.3, 0.4) is 0 Å². The van der Waals surface area contributed by atoms with Gasteiger partial charge in [-0.3, -0.25) is 0 Å². The van der Waals surface area contributed by atoms with Crippen LogP contribution in [0.2, 0.25) is 0 Å². The molecule has 1 aliphatic rings. The van der Waals surface area contributed by atoms with Gasteiger partial charge in [-0.25, -0.2) is 13.1 Å². The largest absolute Gasteiger partial charge is 0.313 e. The van der Waals surface area contributed by atoms with Crippen LogP contribution in [0.25, 0.3) is 0 Å². The Morgan fingerprint density at radius 1 is 1.26 bits per heavy atom. The number of aryl methyl sites for hydroxylation is 2. The van der Waals surface area contributed by atoms with Crippen molar-refractivity contribution in [1.29, 1.82) is 0 Å². The van der Waals surface area contributed by atoms with E-state index in [0.717, 1.165) is 24.0 Å². The van der Waals surface area contributed by atoms with Gasteiger partial charge in [0.15, 0.2) is 0 Å². The molecule has 0 aromatic heterocycles. The first-order valence-corrected chi connectivity index (χ1v) is 8.20. The van der Waals surface area contributed by atoms with Gasteiger partial charge in [0.05, 0.1) is 4.90 Å². The predicted molar refractivity (Wildman–Crippen MR) is 76.7 cm³/mol. The van der Waals surface area contributed by atoms with E-state index in [2.05, 4.69) is 17.0 Å². The zero-order valence-corrected chi connectivity index (χ0v) is 12.5. The zero-order valence-electron chi connectivity index (χ0n) is 11.7. The first-order chi connectivity index (χ1) is 8.88. The van der Waals surface area contributed by atoms with Gasteiger partial charge in [-0.1, -0.05) is 17.7 Å². The van der Waals surface area contributed by atoms with Crippen LogP contribution in [0.4, 0.5) is 0 Å². The molecule has 4 nitrogen and oxygen atoms in total. The topological polar surface area (TPSA) is 58.2 Å². The van der Waals surface area contributed by atoms with Gasteiger partial charge in [0.25, 0.3) is 0 Å². The summed E-state index contributed by atoms with van der Waals surface area (Å²) in [6, 6.07) is 5.88. The number of hydrogen-bond donors (Lipinski definition) is 2. The van der Waals surface area contributed by atoms with Gasteiger partial charge in [-0.15, -0.1) is 0 Å². The number of nitrogens with one attached hydrogen (secondary N) is 2. The molecule has 2 unspecified atom stereocenters. The molecule has 0 saturated carbocycles. The Balaban J connectivity index is 2.14. The highest BCUT2D eigenvalue weighted by atomic mass is 32.2. The van der Waals surface area contributed by atoms with Crippen LogP contribution in [0.5, 0.6) is 0 Å². The van der Waals surface area contributed by atoms with E-state index in [4.69, 9.17) is 0 Å². The third-order valence-corrected chi connectivity index (χ3v) is 5.28. The number of piperidine rings is 1. The minimum absolute atomic E-state index is 0.0121. The first kappa shape index (κ1) is 14.5. The monoisotopic (exact) mass is 282 g/mol. The lowest BCUT2D eigenvalue weighted by atomic mass is 10.0. The second-order valence-corrected chi connectivity index (χ2v) is 7.16. The van der Waals surface area contributed by atoms with Crippen molar-refractivity contribution in [3.05, 3.63) is 29.3 Å². The molecule has 106 valence electrons. The van der Waals surface area contributed by atoms with Gasteiger partial charge in [0, 0.05) is 18.6 Å². The summed E-state index contributed by atoms with van der Waals surface area (Å²) in [4.78, 5) is 0.386. The van der Waals surface area contributed by atoms with Crippen LogP contribution in [0, 0.1) is 13.8 Å². The van der Waals surface area contributed by atoms with E-state index in [1.54, 1.807) is 6.07 Å². The van der Waals surface area contributed by atoms with E-state index in [1.165, 1.54) is 0 Å². The molecule has 1 aromatic carbocycles.